The van der Waals surface area contributed by atoms with Crippen LogP contribution in [0.5, 0.6) is 0 Å². The van der Waals surface area contributed by atoms with Crippen LogP contribution in [-0.2, 0) is 4.79 Å². The maximum Gasteiger partial charge on any atom is 0.211 e. The molecule has 2 N–H and O–H groups in total. The smallest absolute Gasteiger partial charge is 0.211 e. The summed E-state index contributed by atoms with van der Waals surface area (Å²) in [4.78, 5) is 10.3. The summed E-state index contributed by atoms with van der Waals surface area (Å²) in [5.41, 5.74) is 4.67. The van der Waals surface area contributed by atoms with Crippen LogP contribution in [0, 0.1) is 0 Å². The topological polar surface area (TPSA) is 43.1 Å². The van der Waals surface area contributed by atoms with Crippen molar-refractivity contribution in [1.29, 1.82) is 0 Å². The molecule has 0 spiro atoms. The Labute approximate surface area is 56.6 Å². The van der Waals surface area contributed by atoms with Gasteiger partial charge in [0.2, 0.25) is 3.79 Å². The molecule has 7 heavy (non-hydrogen) atoms. The third-order valence-corrected chi connectivity index (χ3v) is 1.90. The Morgan fingerprint density at radius 1 is 1.71 bits per heavy atom. The normalized spacial score (nSPS) is 11.4. The molecule has 0 aromatic carbocycles. The molecule has 42 valence electrons. The standard InChI is InChI=1S/C4H8INO/c1-4(2,6)3(5)7/h6H2,1-2H3. The lowest BCUT2D eigenvalue weighted by atomic mass is 10.1. The van der Waals surface area contributed by atoms with Crippen molar-refractivity contribution < 1.29 is 4.79 Å². The molecule has 0 rings (SSSR count). The van der Waals surface area contributed by atoms with E-state index in [0.29, 0.717) is 0 Å². The van der Waals surface area contributed by atoms with Gasteiger partial charge in [0.15, 0.2) is 0 Å². The zero-order valence-electron chi connectivity index (χ0n) is 4.36. The fourth-order valence-electron chi connectivity index (χ4n) is 0. The summed E-state index contributed by atoms with van der Waals surface area (Å²) in [6, 6.07) is 0. The molecular formula is C4H8INO. The highest BCUT2D eigenvalue weighted by Crippen LogP contribution is 2.03. The van der Waals surface area contributed by atoms with Crippen LogP contribution >= 0.6 is 22.6 Å². The lowest BCUT2D eigenvalue weighted by Gasteiger charge is -2.10. The maximum absolute atomic E-state index is 10.3. The van der Waals surface area contributed by atoms with E-state index in [0.717, 1.165) is 0 Å². The van der Waals surface area contributed by atoms with Gasteiger partial charge in [0.1, 0.15) is 0 Å². The predicted octanol–water partition coefficient (Wildman–Crippen LogP) is 0.685. The number of carbonyl (C=O) groups excluding carboxylic acids is 1. The van der Waals surface area contributed by atoms with Gasteiger partial charge in [-0.1, -0.05) is 0 Å². The molecule has 0 aliphatic rings. The molecule has 0 aromatic rings. The summed E-state index contributed by atoms with van der Waals surface area (Å²) in [5, 5.41) is 0. The van der Waals surface area contributed by atoms with E-state index in [1.54, 1.807) is 36.4 Å². The largest absolute Gasteiger partial charge is 0.319 e. The van der Waals surface area contributed by atoms with E-state index in [4.69, 9.17) is 5.73 Å². The highest BCUT2D eigenvalue weighted by Gasteiger charge is 2.17. The van der Waals surface area contributed by atoms with Crippen LogP contribution in [0.3, 0.4) is 0 Å². The van der Waals surface area contributed by atoms with Crippen molar-refractivity contribution >= 4 is 26.4 Å². The summed E-state index contributed by atoms with van der Waals surface area (Å²) in [5.74, 6) is 0. The number of nitrogens with two attached hydrogens (primary N) is 1. The molecule has 0 radical (unpaired) electrons. The number of hydrogen-bond acceptors (Lipinski definition) is 2. The van der Waals surface area contributed by atoms with Crippen molar-refractivity contribution in [3.8, 4) is 0 Å². The molecule has 0 heterocycles. The monoisotopic (exact) mass is 213 g/mol. The highest BCUT2D eigenvalue weighted by molar-refractivity contribution is 14.1. The molecule has 0 aliphatic heterocycles. The molecule has 3 heteroatoms. The maximum atomic E-state index is 10.3. The van der Waals surface area contributed by atoms with Gasteiger partial charge < -0.3 is 5.73 Å². The fraction of sp³-hybridized carbons (Fsp3) is 0.750. The van der Waals surface area contributed by atoms with Crippen molar-refractivity contribution in [1.82, 2.24) is 0 Å². The molecule has 2 nitrogen and oxygen atoms in total. The Kier molecular flexibility index (Phi) is 2.19. The van der Waals surface area contributed by atoms with E-state index < -0.39 is 5.54 Å². The van der Waals surface area contributed by atoms with Crippen molar-refractivity contribution in [3.63, 3.8) is 0 Å². The van der Waals surface area contributed by atoms with Gasteiger partial charge in [-0.15, -0.1) is 0 Å². The highest BCUT2D eigenvalue weighted by atomic mass is 127. The third kappa shape index (κ3) is 2.99. The average molecular weight is 213 g/mol. The Morgan fingerprint density at radius 3 is 1.86 bits per heavy atom. The Hall–Kier alpha value is 0.360. The summed E-state index contributed by atoms with van der Waals surface area (Å²) >= 11 is 1.69. The van der Waals surface area contributed by atoms with Crippen LogP contribution in [0.15, 0.2) is 0 Å². The molecule has 0 fully saturated rings. The van der Waals surface area contributed by atoms with Crippen molar-refractivity contribution in [2.24, 2.45) is 5.73 Å². The fourth-order valence-corrected chi connectivity index (χ4v) is 0. The molecule has 0 aliphatic carbocycles. The number of rotatable bonds is 1. The van der Waals surface area contributed by atoms with E-state index >= 15 is 0 Å². The first-order chi connectivity index (χ1) is 2.94. The van der Waals surface area contributed by atoms with E-state index in [9.17, 15) is 4.79 Å². The second kappa shape index (κ2) is 2.09. The zero-order valence-corrected chi connectivity index (χ0v) is 6.52. The summed E-state index contributed by atoms with van der Waals surface area (Å²) in [7, 11) is 0. The summed E-state index contributed by atoms with van der Waals surface area (Å²) in [6.07, 6.45) is 0. The Balaban J connectivity index is 3.79. The van der Waals surface area contributed by atoms with Gasteiger partial charge in [0.05, 0.1) is 5.54 Å². The minimum Gasteiger partial charge on any atom is -0.319 e. The lowest BCUT2D eigenvalue weighted by Crippen LogP contribution is -2.37. The quantitative estimate of drug-likeness (QED) is 0.514. The van der Waals surface area contributed by atoms with Gasteiger partial charge in [-0.3, -0.25) is 4.79 Å². The van der Waals surface area contributed by atoms with E-state index in [2.05, 4.69) is 0 Å². The van der Waals surface area contributed by atoms with Gasteiger partial charge in [-0.2, -0.15) is 0 Å². The van der Waals surface area contributed by atoms with Crippen LogP contribution in [0.2, 0.25) is 0 Å². The van der Waals surface area contributed by atoms with Crippen LogP contribution < -0.4 is 5.73 Å². The van der Waals surface area contributed by atoms with Crippen LogP contribution in [-0.4, -0.2) is 9.33 Å². The second-order valence-electron chi connectivity index (χ2n) is 2.00. The molecule has 0 saturated heterocycles. The molecule has 0 aromatic heterocycles. The van der Waals surface area contributed by atoms with Crippen LogP contribution in [0.25, 0.3) is 0 Å². The molecule has 0 atom stereocenters. The summed E-state index contributed by atoms with van der Waals surface area (Å²) in [6.45, 7) is 3.36. The molecule has 0 unspecified atom stereocenters. The lowest BCUT2D eigenvalue weighted by molar-refractivity contribution is -0.112. The van der Waals surface area contributed by atoms with Gasteiger partial charge in [-0.05, 0) is 13.8 Å². The second-order valence-corrected chi connectivity index (χ2v) is 2.98. The first-order valence-corrected chi connectivity index (χ1v) is 3.01. The van der Waals surface area contributed by atoms with E-state index in [-0.39, 0.29) is 3.79 Å². The molecule has 0 bridgehead atoms. The Morgan fingerprint density at radius 2 is 1.86 bits per heavy atom. The Bertz CT molecular complexity index is 84.2. The number of hydrogen-bond donors (Lipinski definition) is 1. The van der Waals surface area contributed by atoms with Crippen molar-refractivity contribution in [3.05, 3.63) is 0 Å². The number of halogens is 1. The van der Waals surface area contributed by atoms with Gasteiger partial charge in [-0.25, -0.2) is 0 Å². The first-order valence-electron chi connectivity index (χ1n) is 1.93. The summed E-state index contributed by atoms with van der Waals surface area (Å²) < 4.78 is -0.00917. The first kappa shape index (κ1) is 7.36. The average Bonchev–Trinajstić information content (AvgIpc) is 1.31. The SMILES string of the molecule is CC(C)(N)C(=O)I. The molecule has 0 saturated carbocycles. The predicted molar refractivity (Wildman–Crippen MR) is 37.3 cm³/mol. The zero-order chi connectivity index (χ0) is 6.08. The minimum atomic E-state index is -0.652. The van der Waals surface area contributed by atoms with Gasteiger partial charge >= 0.3 is 0 Å². The van der Waals surface area contributed by atoms with E-state index in [1.165, 1.54) is 0 Å². The van der Waals surface area contributed by atoms with E-state index in [1.807, 2.05) is 0 Å². The van der Waals surface area contributed by atoms with Crippen LogP contribution in [0.1, 0.15) is 13.8 Å². The molecule has 0 amide bonds. The number of carbonyl (C=O) groups is 1. The third-order valence-electron chi connectivity index (χ3n) is 0.507. The molecular weight excluding hydrogens is 205 g/mol. The van der Waals surface area contributed by atoms with Crippen LogP contribution in [0.4, 0.5) is 0 Å². The van der Waals surface area contributed by atoms with Crippen molar-refractivity contribution in [2.75, 3.05) is 0 Å². The minimum absolute atomic E-state index is 0.00917. The van der Waals surface area contributed by atoms with Gasteiger partial charge in [0.25, 0.3) is 0 Å². The van der Waals surface area contributed by atoms with Gasteiger partial charge in [0, 0.05) is 22.6 Å². The van der Waals surface area contributed by atoms with Crippen molar-refractivity contribution in [2.45, 2.75) is 19.4 Å².